The molecule has 2 atom stereocenters. The minimum Gasteiger partial charge on any atom is -0.464 e. The van der Waals surface area contributed by atoms with Crippen LogP contribution in [0, 0.1) is 5.92 Å². The van der Waals surface area contributed by atoms with Crippen molar-refractivity contribution < 1.29 is 13.9 Å². The molecule has 110 valence electrons. The largest absolute Gasteiger partial charge is 0.464 e. The van der Waals surface area contributed by atoms with Crippen LogP contribution in [0.2, 0.25) is 0 Å². The van der Waals surface area contributed by atoms with Gasteiger partial charge in [-0.25, -0.2) is 0 Å². The number of hydrogen-bond acceptors (Lipinski definition) is 3. The van der Waals surface area contributed by atoms with Gasteiger partial charge in [0, 0.05) is 19.4 Å². The number of rotatable bonds is 6. The van der Waals surface area contributed by atoms with E-state index in [1.807, 2.05) is 19.1 Å². The summed E-state index contributed by atoms with van der Waals surface area (Å²) in [5, 5.41) is 3.05. The molecule has 0 aromatic carbocycles. The molecule has 1 aliphatic rings. The lowest BCUT2D eigenvalue weighted by Crippen LogP contribution is -2.36. The predicted molar refractivity (Wildman–Crippen MR) is 77.3 cm³/mol. The van der Waals surface area contributed by atoms with Crippen molar-refractivity contribution in [3.63, 3.8) is 0 Å². The third kappa shape index (κ3) is 3.73. The number of furan rings is 1. The number of carbonyl (C=O) groups is 1. The van der Waals surface area contributed by atoms with E-state index in [2.05, 4.69) is 17.5 Å². The fraction of sp³-hybridized carbons (Fsp3) is 0.562. The molecule has 1 aromatic heterocycles. The summed E-state index contributed by atoms with van der Waals surface area (Å²) in [7, 11) is 1.63. The van der Waals surface area contributed by atoms with Gasteiger partial charge in [0.05, 0.1) is 6.61 Å². The Morgan fingerprint density at radius 2 is 2.35 bits per heavy atom. The lowest BCUT2D eigenvalue weighted by Gasteiger charge is -2.21. The van der Waals surface area contributed by atoms with E-state index in [0.717, 1.165) is 37.2 Å². The van der Waals surface area contributed by atoms with Gasteiger partial charge in [0.2, 0.25) is 5.91 Å². The Kier molecular flexibility index (Phi) is 5.41. The molecular formula is C16H23NO3. The van der Waals surface area contributed by atoms with Crippen molar-refractivity contribution in [3.05, 3.63) is 35.8 Å². The number of aryl methyl sites for hydroxylation is 1. The molecule has 0 saturated carbocycles. The molecule has 2 rings (SSSR count). The number of ether oxygens (including phenoxy) is 1. The van der Waals surface area contributed by atoms with Crippen LogP contribution in [0.5, 0.6) is 0 Å². The van der Waals surface area contributed by atoms with Gasteiger partial charge in [-0.05, 0) is 31.4 Å². The summed E-state index contributed by atoms with van der Waals surface area (Å²) in [5.41, 5.74) is 0. The molecule has 0 spiro atoms. The molecule has 1 aromatic rings. The van der Waals surface area contributed by atoms with E-state index >= 15 is 0 Å². The maximum absolute atomic E-state index is 12.3. The number of methoxy groups -OCH3 is 1. The summed E-state index contributed by atoms with van der Waals surface area (Å²) in [6, 6.07) is 3.66. The smallest absolute Gasteiger partial charge is 0.224 e. The first kappa shape index (κ1) is 14.9. The summed E-state index contributed by atoms with van der Waals surface area (Å²) < 4.78 is 10.9. The first-order valence-corrected chi connectivity index (χ1v) is 7.27. The van der Waals surface area contributed by atoms with Gasteiger partial charge in [-0.1, -0.05) is 19.1 Å². The number of nitrogens with one attached hydrogen (secondary N) is 1. The van der Waals surface area contributed by atoms with Crippen LogP contribution in [0.1, 0.15) is 43.7 Å². The molecule has 4 heteroatoms. The second-order valence-corrected chi connectivity index (χ2v) is 5.16. The molecule has 0 fully saturated rings. The first-order valence-electron chi connectivity index (χ1n) is 7.27. The molecule has 4 nitrogen and oxygen atoms in total. The van der Waals surface area contributed by atoms with Crippen molar-refractivity contribution >= 4 is 5.91 Å². The lowest BCUT2D eigenvalue weighted by atomic mass is 9.93. The van der Waals surface area contributed by atoms with E-state index in [1.54, 1.807) is 7.11 Å². The standard InChI is InChI=1S/C16H23NO3/c1-3-13-9-10-15(20-13)14(11-19-2)17-16(18)12-7-5-4-6-8-12/h4-5,9-10,12,14H,3,6-8,11H2,1-2H3,(H,17,18)/t12-,14+/m1/s1. The molecule has 0 bridgehead atoms. The third-order valence-corrected chi connectivity index (χ3v) is 3.66. The van der Waals surface area contributed by atoms with Crippen LogP contribution in [-0.2, 0) is 16.0 Å². The summed E-state index contributed by atoms with van der Waals surface area (Å²) in [6.45, 7) is 2.46. The van der Waals surface area contributed by atoms with Crippen LogP contribution in [0.4, 0.5) is 0 Å². The summed E-state index contributed by atoms with van der Waals surface area (Å²) >= 11 is 0. The highest BCUT2D eigenvalue weighted by Crippen LogP contribution is 2.22. The number of amides is 1. The molecule has 20 heavy (non-hydrogen) atoms. The quantitative estimate of drug-likeness (QED) is 0.813. The Hall–Kier alpha value is -1.55. The SMILES string of the molecule is CCc1ccc([C@H](COC)NC(=O)[C@@H]2CC=CCC2)o1. The van der Waals surface area contributed by atoms with Crippen LogP contribution >= 0.6 is 0 Å². The second-order valence-electron chi connectivity index (χ2n) is 5.16. The summed E-state index contributed by atoms with van der Waals surface area (Å²) in [4.78, 5) is 12.3. The molecule has 0 radical (unpaired) electrons. The third-order valence-electron chi connectivity index (χ3n) is 3.66. The Balaban J connectivity index is 2.01. The molecule has 1 aliphatic carbocycles. The summed E-state index contributed by atoms with van der Waals surface area (Å²) in [6.07, 6.45) is 7.79. The van der Waals surface area contributed by atoms with Crippen LogP contribution < -0.4 is 5.32 Å². The average Bonchev–Trinajstić information content (AvgIpc) is 2.96. The average molecular weight is 277 g/mol. The van der Waals surface area contributed by atoms with Crippen LogP contribution in [0.15, 0.2) is 28.7 Å². The minimum absolute atomic E-state index is 0.0694. The van der Waals surface area contributed by atoms with Crippen LogP contribution in [0.3, 0.4) is 0 Å². The second kappa shape index (κ2) is 7.29. The Morgan fingerprint density at radius 1 is 1.50 bits per heavy atom. The van der Waals surface area contributed by atoms with E-state index < -0.39 is 0 Å². The lowest BCUT2D eigenvalue weighted by molar-refractivity contribution is -0.126. The molecule has 0 aliphatic heterocycles. The Bertz CT molecular complexity index is 464. The van der Waals surface area contributed by atoms with Crippen LogP contribution in [0.25, 0.3) is 0 Å². The topological polar surface area (TPSA) is 51.5 Å². The monoisotopic (exact) mass is 277 g/mol. The fourth-order valence-electron chi connectivity index (χ4n) is 2.45. The van der Waals surface area contributed by atoms with E-state index in [0.29, 0.717) is 6.61 Å². The van der Waals surface area contributed by atoms with Gasteiger partial charge in [-0.3, -0.25) is 4.79 Å². The van der Waals surface area contributed by atoms with E-state index in [9.17, 15) is 4.79 Å². The van der Waals surface area contributed by atoms with Crippen molar-refractivity contribution in [2.45, 2.75) is 38.6 Å². The number of carbonyl (C=O) groups excluding carboxylic acids is 1. The molecule has 1 amide bonds. The van der Waals surface area contributed by atoms with Gasteiger partial charge in [0.15, 0.2) is 0 Å². The van der Waals surface area contributed by atoms with Gasteiger partial charge in [0.25, 0.3) is 0 Å². The highest BCUT2D eigenvalue weighted by molar-refractivity contribution is 5.79. The Morgan fingerprint density at radius 3 is 2.95 bits per heavy atom. The zero-order valence-electron chi connectivity index (χ0n) is 12.2. The molecule has 0 unspecified atom stereocenters. The van der Waals surface area contributed by atoms with E-state index in [1.165, 1.54) is 0 Å². The zero-order valence-corrected chi connectivity index (χ0v) is 12.2. The molecular weight excluding hydrogens is 254 g/mol. The van der Waals surface area contributed by atoms with Gasteiger partial charge in [-0.15, -0.1) is 0 Å². The van der Waals surface area contributed by atoms with E-state index in [4.69, 9.17) is 9.15 Å². The Labute approximate surface area is 120 Å². The van der Waals surface area contributed by atoms with Crippen molar-refractivity contribution in [1.29, 1.82) is 0 Å². The zero-order chi connectivity index (χ0) is 14.4. The van der Waals surface area contributed by atoms with Gasteiger partial charge in [0.1, 0.15) is 17.6 Å². The van der Waals surface area contributed by atoms with Crippen molar-refractivity contribution in [3.8, 4) is 0 Å². The molecule has 1 heterocycles. The van der Waals surface area contributed by atoms with Crippen molar-refractivity contribution in [2.75, 3.05) is 13.7 Å². The van der Waals surface area contributed by atoms with Crippen molar-refractivity contribution in [1.82, 2.24) is 5.32 Å². The molecule has 0 saturated heterocycles. The van der Waals surface area contributed by atoms with Gasteiger partial charge >= 0.3 is 0 Å². The van der Waals surface area contributed by atoms with Gasteiger partial charge in [-0.2, -0.15) is 0 Å². The summed E-state index contributed by atoms with van der Waals surface area (Å²) in [5.74, 6) is 1.85. The van der Waals surface area contributed by atoms with Crippen LogP contribution in [-0.4, -0.2) is 19.6 Å². The van der Waals surface area contributed by atoms with Gasteiger partial charge < -0.3 is 14.5 Å². The minimum atomic E-state index is -0.210. The molecule has 1 N–H and O–H groups in total. The maximum atomic E-state index is 12.3. The highest BCUT2D eigenvalue weighted by atomic mass is 16.5. The normalized spacial score (nSPS) is 19.8. The maximum Gasteiger partial charge on any atom is 0.224 e. The highest BCUT2D eigenvalue weighted by Gasteiger charge is 2.24. The number of hydrogen-bond donors (Lipinski definition) is 1. The van der Waals surface area contributed by atoms with E-state index in [-0.39, 0.29) is 17.9 Å². The van der Waals surface area contributed by atoms with Crippen molar-refractivity contribution in [2.24, 2.45) is 5.92 Å². The predicted octanol–water partition coefficient (Wildman–Crippen LogP) is 3.00. The fourth-order valence-corrected chi connectivity index (χ4v) is 2.45. The first-order chi connectivity index (χ1) is 9.74. The number of allylic oxidation sites excluding steroid dienone is 2.